The molecule has 1 rings (SSSR count). The highest BCUT2D eigenvalue weighted by Crippen LogP contribution is 2.16. The van der Waals surface area contributed by atoms with Crippen molar-refractivity contribution in [3.8, 4) is 0 Å². The van der Waals surface area contributed by atoms with Crippen molar-refractivity contribution in [2.75, 3.05) is 11.9 Å². The number of nitrogens with one attached hydrogen (secondary N) is 2. The zero-order chi connectivity index (χ0) is 15.1. The SMILES string of the molecule is CCOC(=O)c1ccccc1NC(=O)C(=O)NC(C)C. The molecule has 6 nitrogen and oxygen atoms in total. The van der Waals surface area contributed by atoms with Gasteiger partial charge in [0.2, 0.25) is 0 Å². The van der Waals surface area contributed by atoms with Gasteiger partial charge in [0.15, 0.2) is 0 Å². The smallest absolute Gasteiger partial charge is 0.340 e. The van der Waals surface area contributed by atoms with Crippen molar-refractivity contribution >= 4 is 23.5 Å². The number of carbonyl (C=O) groups is 3. The lowest BCUT2D eigenvalue weighted by Crippen LogP contribution is -2.39. The number of esters is 1. The highest BCUT2D eigenvalue weighted by molar-refractivity contribution is 6.40. The number of ether oxygens (including phenoxy) is 1. The molecule has 0 saturated carbocycles. The van der Waals surface area contributed by atoms with Crippen LogP contribution in [0.5, 0.6) is 0 Å². The molecule has 0 aliphatic heterocycles. The number of hydrogen-bond donors (Lipinski definition) is 2. The standard InChI is InChI=1S/C14H18N2O4/c1-4-20-14(19)10-7-5-6-8-11(10)16-13(18)12(17)15-9(2)3/h5-9H,4H2,1-3H3,(H,15,17)(H,16,18). The molecule has 0 saturated heterocycles. The van der Waals surface area contributed by atoms with Crippen LogP contribution in [-0.4, -0.2) is 30.4 Å². The fraction of sp³-hybridized carbons (Fsp3) is 0.357. The molecule has 1 aromatic carbocycles. The Balaban J connectivity index is 2.85. The third kappa shape index (κ3) is 4.38. The fourth-order valence-electron chi connectivity index (χ4n) is 1.49. The summed E-state index contributed by atoms with van der Waals surface area (Å²) in [7, 11) is 0. The van der Waals surface area contributed by atoms with E-state index in [1.807, 2.05) is 0 Å². The first-order valence-electron chi connectivity index (χ1n) is 6.33. The van der Waals surface area contributed by atoms with Crippen LogP contribution in [0.3, 0.4) is 0 Å². The minimum Gasteiger partial charge on any atom is -0.462 e. The summed E-state index contributed by atoms with van der Waals surface area (Å²) < 4.78 is 4.88. The lowest BCUT2D eigenvalue weighted by Gasteiger charge is -2.11. The Hall–Kier alpha value is -2.37. The summed E-state index contributed by atoms with van der Waals surface area (Å²) in [5, 5.41) is 4.87. The zero-order valence-corrected chi connectivity index (χ0v) is 11.7. The van der Waals surface area contributed by atoms with Crippen LogP contribution in [-0.2, 0) is 14.3 Å². The zero-order valence-electron chi connectivity index (χ0n) is 11.7. The van der Waals surface area contributed by atoms with E-state index in [4.69, 9.17) is 4.74 Å². The normalized spacial score (nSPS) is 10.0. The molecule has 0 bridgehead atoms. The molecule has 0 fully saturated rings. The van der Waals surface area contributed by atoms with Gasteiger partial charge in [0.1, 0.15) is 0 Å². The summed E-state index contributed by atoms with van der Waals surface area (Å²) in [6.07, 6.45) is 0. The molecule has 0 unspecified atom stereocenters. The molecule has 2 N–H and O–H groups in total. The van der Waals surface area contributed by atoms with Gasteiger partial charge in [0, 0.05) is 6.04 Å². The second-order valence-corrected chi connectivity index (χ2v) is 4.35. The summed E-state index contributed by atoms with van der Waals surface area (Å²) in [6.45, 7) is 5.42. The van der Waals surface area contributed by atoms with E-state index in [9.17, 15) is 14.4 Å². The van der Waals surface area contributed by atoms with Crippen LogP contribution >= 0.6 is 0 Å². The van der Waals surface area contributed by atoms with Gasteiger partial charge in [0.25, 0.3) is 0 Å². The van der Waals surface area contributed by atoms with E-state index < -0.39 is 17.8 Å². The van der Waals surface area contributed by atoms with Gasteiger partial charge in [-0.3, -0.25) is 9.59 Å². The molecular weight excluding hydrogens is 260 g/mol. The van der Waals surface area contributed by atoms with Crippen molar-refractivity contribution in [3.63, 3.8) is 0 Å². The molecular formula is C14H18N2O4. The van der Waals surface area contributed by atoms with Crippen molar-refractivity contribution in [2.24, 2.45) is 0 Å². The van der Waals surface area contributed by atoms with E-state index in [1.54, 1.807) is 32.9 Å². The van der Waals surface area contributed by atoms with E-state index in [0.29, 0.717) is 0 Å². The number of para-hydroxylation sites is 1. The molecule has 0 aliphatic rings. The molecule has 6 heteroatoms. The second-order valence-electron chi connectivity index (χ2n) is 4.35. The number of hydrogen-bond acceptors (Lipinski definition) is 4. The predicted octanol–water partition coefficient (Wildman–Crippen LogP) is 1.33. The summed E-state index contributed by atoms with van der Waals surface area (Å²) in [5.41, 5.74) is 0.454. The van der Waals surface area contributed by atoms with Crippen molar-refractivity contribution < 1.29 is 19.1 Å². The monoisotopic (exact) mass is 278 g/mol. The molecule has 0 spiro atoms. The van der Waals surface area contributed by atoms with Crippen LogP contribution in [0.1, 0.15) is 31.1 Å². The van der Waals surface area contributed by atoms with E-state index >= 15 is 0 Å². The predicted molar refractivity (Wildman–Crippen MR) is 74.3 cm³/mol. The van der Waals surface area contributed by atoms with Crippen LogP contribution in [0.4, 0.5) is 5.69 Å². The molecule has 2 amide bonds. The molecule has 0 atom stereocenters. The van der Waals surface area contributed by atoms with Crippen LogP contribution in [0.25, 0.3) is 0 Å². The third-order valence-electron chi connectivity index (χ3n) is 2.30. The Bertz CT molecular complexity index is 512. The quantitative estimate of drug-likeness (QED) is 0.642. The average molecular weight is 278 g/mol. The first-order valence-corrected chi connectivity index (χ1v) is 6.33. The third-order valence-corrected chi connectivity index (χ3v) is 2.30. The lowest BCUT2D eigenvalue weighted by molar-refractivity contribution is -0.136. The number of benzene rings is 1. The van der Waals surface area contributed by atoms with Gasteiger partial charge in [-0.1, -0.05) is 12.1 Å². The maximum absolute atomic E-state index is 11.7. The molecule has 0 radical (unpaired) electrons. The van der Waals surface area contributed by atoms with Crippen molar-refractivity contribution in [1.82, 2.24) is 5.32 Å². The number of anilines is 1. The second kappa shape index (κ2) is 7.28. The molecule has 0 heterocycles. The van der Waals surface area contributed by atoms with E-state index in [1.165, 1.54) is 12.1 Å². The first-order chi connectivity index (χ1) is 9.45. The molecule has 1 aromatic rings. The molecule has 108 valence electrons. The Morgan fingerprint density at radius 1 is 1.15 bits per heavy atom. The van der Waals surface area contributed by atoms with Gasteiger partial charge in [-0.25, -0.2) is 4.79 Å². The van der Waals surface area contributed by atoms with Gasteiger partial charge in [0.05, 0.1) is 17.9 Å². The first kappa shape index (κ1) is 15.7. The maximum atomic E-state index is 11.7. The van der Waals surface area contributed by atoms with Crippen molar-refractivity contribution in [3.05, 3.63) is 29.8 Å². The summed E-state index contributed by atoms with van der Waals surface area (Å²) in [5.74, 6) is -2.12. The topological polar surface area (TPSA) is 84.5 Å². The Kier molecular flexibility index (Phi) is 5.71. The Morgan fingerprint density at radius 2 is 1.80 bits per heavy atom. The van der Waals surface area contributed by atoms with Crippen LogP contribution < -0.4 is 10.6 Å². The minimum atomic E-state index is -0.824. The highest BCUT2D eigenvalue weighted by Gasteiger charge is 2.18. The van der Waals surface area contributed by atoms with E-state index in [0.717, 1.165) is 0 Å². The minimum absolute atomic E-state index is 0.145. The fourth-order valence-corrected chi connectivity index (χ4v) is 1.49. The van der Waals surface area contributed by atoms with Gasteiger partial charge in [-0.05, 0) is 32.9 Å². The van der Waals surface area contributed by atoms with Gasteiger partial charge in [-0.2, -0.15) is 0 Å². The van der Waals surface area contributed by atoms with E-state index in [2.05, 4.69) is 10.6 Å². The Labute approximate surface area is 117 Å². The largest absolute Gasteiger partial charge is 0.462 e. The van der Waals surface area contributed by atoms with Crippen molar-refractivity contribution in [1.29, 1.82) is 0 Å². The van der Waals surface area contributed by atoms with Crippen molar-refractivity contribution in [2.45, 2.75) is 26.8 Å². The maximum Gasteiger partial charge on any atom is 0.340 e. The van der Waals surface area contributed by atoms with Gasteiger partial charge >= 0.3 is 17.8 Å². The number of rotatable bonds is 4. The summed E-state index contributed by atoms with van der Waals surface area (Å²) >= 11 is 0. The molecule has 0 aromatic heterocycles. The number of carbonyl (C=O) groups excluding carboxylic acids is 3. The van der Waals surface area contributed by atoms with E-state index in [-0.39, 0.29) is 23.9 Å². The van der Waals surface area contributed by atoms with Crippen LogP contribution in [0, 0.1) is 0 Å². The number of amides is 2. The summed E-state index contributed by atoms with van der Waals surface area (Å²) in [4.78, 5) is 35.0. The lowest BCUT2D eigenvalue weighted by atomic mass is 10.2. The average Bonchev–Trinajstić information content (AvgIpc) is 2.38. The van der Waals surface area contributed by atoms with Crippen LogP contribution in [0.15, 0.2) is 24.3 Å². The molecule has 0 aliphatic carbocycles. The Morgan fingerprint density at radius 3 is 2.40 bits per heavy atom. The molecule has 20 heavy (non-hydrogen) atoms. The van der Waals surface area contributed by atoms with Gasteiger partial charge in [-0.15, -0.1) is 0 Å². The van der Waals surface area contributed by atoms with Crippen LogP contribution in [0.2, 0.25) is 0 Å². The summed E-state index contributed by atoms with van der Waals surface area (Å²) in [6, 6.07) is 6.21. The van der Waals surface area contributed by atoms with Gasteiger partial charge < -0.3 is 15.4 Å². The highest BCUT2D eigenvalue weighted by atomic mass is 16.5.